The largest absolute Gasteiger partial charge is 0.497 e. The summed E-state index contributed by atoms with van der Waals surface area (Å²) in [5.74, 6) is 0.647. The quantitative estimate of drug-likeness (QED) is 0.515. The number of carbonyl (C=O) groups excluding carboxylic acids is 2. The van der Waals surface area contributed by atoms with Crippen LogP contribution in [0.3, 0.4) is 0 Å². The topological polar surface area (TPSA) is 85.5 Å². The Hall–Kier alpha value is -3.45. The van der Waals surface area contributed by atoms with Crippen LogP contribution >= 0.6 is 0 Å². The highest BCUT2D eigenvalue weighted by atomic mass is 28.3. The third-order valence-electron chi connectivity index (χ3n) is 5.68. The second kappa shape index (κ2) is 10.00. The Kier molecular flexibility index (Phi) is 7.33. The lowest BCUT2D eigenvalue weighted by Crippen LogP contribution is -2.38. The zero-order valence-corrected chi connectivity index (χ0v) is 20.8. The average molecular weight is 462 g/mol. The van der Waals surface area contributed by atoms with E-state index in [0.29, 0.717) is 17.1 Å². The van der Waals surface area contributed by atoms with Crippen LogP contribution in [0.2, 0.25) is 19.6 Å². The molecule has 0 radical (unpaired) electrons. The molecule has 0 aliphatic carbocycles. The monoisotopic (exact) mass is 461 g/mol. The number of carbonyl (C=O) groups is 2. The summed E-state index contributed by atoms with van der Waals surface area (Å²) in [6.07, 6.45) is 1.65. The minimum absolute atomic E-state index is 0.0693. The van der Waals surface area contributed by atoms with E-state index in [2.05, 4.69) is 36.8 Å². The number of ketones is 1. The van der Waals surface area contributed by atoms with E-state index < -0.39 is 14.1 Å². The lowest BCUT2D eigenvalue weighted by molar-refractivity contribution is -0.122. The van der Waals surface area contributed by atoms with Crippen LogP contribution in [-0.2, 0) is 11.2 Å². The van der Waals surface area contributed by atoms with Gasteiger partial charge in [0.1, 0.15) is 17.6 Å². The lowest BCUT2D eigenvalue weighted by Gasteiger charge is -2.28. The van der Waals surface area contributed by atoms with Crippen LogP contribution in [0.5, 0.6) is 5.75 Å². The van der Waals surface area contributed by atoms with Gasteiger partial charge in [-0.2, -0.15) is 0 Å². The molecule has 1 aromatic heterocycles. The maximum Gasteiger partial charge on any atom is 0.256 e. The average Bonchev–Trinajstić information content (AvgIpc) is 2.79. The number of aromatic nitrogens is 1. The van der Waals surface area contributed by atoms with Crippen LogP contribution in [0.4, 0.5) is 5.82 Å². The van der Waals surface area contributed by atoms with Crippen molar-refractivity contribution >= 4 is 30.8 Å². The molecule has 3 aromatic rings. The molecule has 0 aliphatic heterocycles. The Morgan fingerprint density at radius 3 is 2.15 bits per heavy atom. The summed E-state index contributed by atoms with van der Waals surface area (Å²) in [4.78, 5) is 32.2. The lowest BCUT2D eigenvalue weighted by atomic mass is 9.96. The molecule has 1 amide bonds. The minimum Gasteiger partial charge on any atom is -0.497 e. The SMILES string of the molecule is COc1ccc(C(C(=O)Cc2ccc([Si](C)(C)C)cc2)N(C)C(=O)c2ccc(N)nc2)cc1. The molecule has 6 nitrogen and oxygen atoms in total. The first-order chi connectivity index (χ1) is 15.6. The van der Waals surface area contributed by atoms with E-state index in [-0.39, 0.29) is 18.1 Å². The van der Waals surface area contributed by atoms with Crippen LogP contribution < -0.4 is 15.7 Å². The van der Waals surface area contributed by atoms with E-state index in [9.17, 15) is 9.59 Å². The molecule has 33 heavy (non-hydrogen) atoms. The summed E-state index contributed by atoms with van der Waals surface area (Å²) in [6.45, 7) is 6.87. The summed E-state index contributed by atoms with van der Waals surface area (Å²) in [5.41, 5.74) is 7.67. The molecule has 0 spiro atoms. The normalized spacial score (nSPS) is 12.2. The number of rotatable bonds is 8. The number of ether oxygens (including phenoxy) is 1. The van der Waals surface area contributed by atoms with Gasteiger partial charge in [0.05, 0.1) is 20.7 Å². The molecule has 1 heterocycles. The van der Waals surface area contributed by atoms with Gasteiger partial charge in [0.25, 0.3) is 5.91 Å². The number of Topliss-reactive ketones (excluding diaryl/α,β-unsaturated/α-hetero) is 1. The van der Waals surface area contributed by atoms with Crippen molar-refractivity contribution in [2.24, 2.45) is 0 Å². The third-order valence-corrected chi connectivity index (χ3v) is 7.74. The predicted octanol–water partition coefficient (Wildman–Crippen LogP) is 3.84. The van der Waals surface area contributed by atoms with Gasteiger partial charge in [-0.15, -0.1) is 0 Å². The van der Waals surface area contributed by atoms with Crippen LogP contribution in [0.15, 0.2) is 66.9 Å². The Labute approximate surface area is 196 Å². The van der Waals surface area contributed by atoms with Crippen LogP contribution in [0.25, 0.3) is 0 Å². The second-order valence-electron chi connectivity index (χ2n) is 9.15. The summed E-state index contributed by atoms with van der Waals surface area (Å²) in [7, 11) is 1.81. The molecule has 2 N–H and O–H groups in total. The van der Waals surface area contributed by atoms with Crippen LogP contribution in [-0.4, -0.2) is 43.8 Å². The highest BCUT2D eigenvalue weighted by Crippen LogP contribution is 2.26. The molecule has 0 aliphatic rings. The summed E-state index contributed by atoms with van der Waals surface area (Å²) < 4.78 is 5.25. The zero-order chi connectivity index (χ0) is 24.2. The standard InChI is InChI=1S/C26H31N3O3Si/c1-29(26(31)20-10-15-24(27)28-17-20)25(19-8-11-21(32-2)12-9-19)23(30)16-18-6-13-22(14-7-18)33(3,4)5/h6-15,17,25H,16H2,1-5H3,(H2,27,28). The highest BCUT2D eigenvalue weighted by molar-refractivity contribution is 6.88. The van der Waals surface area contributed by atoms with Crippen molar-refractivity contribution in [3.8, 4) is 5.75 Å². The van der Waals surface area contributed by atoms with Gasteiger partial charge in [-0.1, -0.05) is 61.2 Å². The molecule has 1 atom stereocenters. The molecule has 0 fully saturated rings. The number of nitrogens with zero attached hydrogens (tertiary/aromatic N) is 2. The fraction of sp³-hybridized carbons (Fsp3) is 0.269. The van der Waals surface area contributed by atoms with Crippen molar-refractivity contribution in [3.63, 3.8) is 0 Å². The Morgan fingerprint density at radius 2 is 1.64 bits per heavy atom. The van der Waals surface area contributed by atoms with Crippen molar-refractivity contribution in [2.75, 3.05) is 19.9 Å². The molecule has 0 bridgehead atoms. The maximum absolute atomic E-state index is 13.5. The van der Waals surface area contributed by atoms with Gasteiger partial charge >= 0.3 is 0 Å². The first kappa shape index (κ1) is 24.2. The first-order valence-corrected chi connectivity index (χ1v) is 14.3. The number of methoxy groups -OCH3 is 1. The Bertz CT molecular complexity index is 1110. The van der Waals surface area contributed by atoms with Crippen molar-refractivity contribution < 1.29 is 14.3 Å². The fourth-order valence-corrected chi connectivity index (χ4v) is 4.85. The summed E-state index contributed by atoms with van der Waals surface area (Å²) in [5, 5.41) is 1.34. The van der Waals surface area contributed by atoms with Gasteiger partial charge in [-0.3, -0.25) is 9.59 Å². The molecule has 2 aromatic carbocycles. The van der Waals surface area contributed by atoms with Gasteiger partial charge in [-0.05, 0) is 35.4 Å². The van der Waals surface area contributed by atoms with Crippen molar-refractivity contribution in [1.29, 1.82) is 0 Å². The smallest absolute Gasteiger partial charge is 0.256 e. The molecule has 0 saturated carbocycles. The van der Waals surface area contributed by atoms with Crippen molar-refractivity contribution in [2.45, 2.75) is 32.1 Å². The number of hydrogen-bond acceptors (Lipinski definition) is 5. The van der Waals surface area contributed by atoms with Crippen molar-refractivity contribution in [3.05, 3.63) is 83.6 Å². The molecule has 0 saturated heterocycles. The minimum atomic E-state index is -1.42. The number of benzene rings is 2. The number of hydrogen-bond donors (Lipinski definition) is 1. The molecular formula is C26H31N3O3Si. The van der Waals surface area contributed by atoms with Gasteiger partial charge < -0.3 is 15.4 Å². The van der Waals surface area contributed by atoms with E-state index in [1.54, 1.807) is 38.4 Å². The first-order valence-electron chi connectivity index (χ1n) is 10.8. The second-order valence-corrected chi connectivity index (χ2v) is 14.2. The number of nitrogen functional groups attached to an aromatic ring is 1. The third kappa shape index (κ3) is 5.87. The van der Waals surface area contributed by atoms with Crippen LogP contribution in [0, 0.1) is 0 Å². The molecular weight excluding hydrogens is 430 g/mol. The van der Waals surface area contributed by atoms with E-state index in [0.717, 1.165) is 11.1 Å². The molecule has 3 rings (SSSR count). The summed E-state index contributed by atoms with van der Waals surface area (Å²) in [6, 6.07) is 17.9. The van der Waals surface area contributed by atoms with Crippen LogP contribution in [0.1, 0.15) is 27.5 Å². The Balaban J connectivity index is 1.91. The molecule has 172 valence electrons. The number of amides is 1. The number of likely N-dealkylation sites (N-methyl/N-ethyl adjacent to an activating group) is 1. The number of nitrogens with two attached hydrogens (primary N) is 1. The fourth-order valence-electron chi connectivity index (χ4n) is 3.68. The van der Waals surface area contributed by atoms with Gasteiger partial charge in [0.2, 0.25) is 0 Å². The van der Waals surface area contributed by atoms with E-state index >= 15 is 0 Å². The van der Waals surface area contributed by atoms with E-state index in [4.69, 9.17) is 10.5 Å². The van der Waals surface area contributed by atoms with Gasteiger partial charge in [0, 0.05) is 19.7 Å². The zero-order valence-electron chi connectivity index (χ0n) is 19.8. The maximum atomic E-state index is 13.5. The molecule has 7 heteroatoms. The van der Waals surface area contributed by atoms with Gasteiger partial charge in [0.15, 0.2) is 5.78 Å². The summed E-state index contributed by atoms with van der Waals surface area (Å²) >= 11 is 0. The Morgan fingerprint density at radius 1 is 1.00 bits per heavy atom. The number of pyridine rings is 1. The highest BCUT2D eigenvalue weighted by Gasteiger charge is 2.29. The van der Waals surface area contributed by atoms with Crippen molar-refractivity contribution in [1.82, 2.24) is 9.88 Å². The number of anilines is 1. The molecule has 1 unspecified atom stereocenters. The van der Waals surface area contributed by atoms with Gasteiger partial charge in [-0.25, -0.2) is 4.98 Å². The van der Waals surface area contributed by atoms with E-state index in [1.165, 1.54) is 16.3 Å². The predicted molar refractivity (Wildman–Crippen MR) is 135 cm³/mol. The van der Waals surface area contributed by atoms with E-state index in [1.807, 2.05) is 24.3 Å².